The maximum absolute atomic E-state index is 14.1. The molecule has 0 aliphatic rings. The van der Waals surface area contributed by atoms with Crippen LogP contribution in [0.25, 0.3) is 11.0 Å². The molecule has 0 aliphatic carbocycles. The first-order chi connectivity index (χ1) is 12.2. The summed E-state index contributed by atoms with van der Waals surface area (Å²) in [5, 5.41) is 1.19. The van der Waals surface area contributed by atoms with E-state index in [1.807, 2.05) is 30.3 Å². The van der Waals surface area contributed by atoms with Gasteiger partial charge in [0.1, 0.15) is 17.6 Å². The lowest BCUT2D eigenvalue weighted by atomic mass is 10.1. The van der Waals surface area contributed by atoms with Gasteiger partial charge >= 0.3 is 6.08 Å². The van der Waals surface area contributed by atoms with E-state index >= 15 is 0 Å². The van der Waals surface area contributed by atoms with Gasteiger partial charge in [-0.05, 0) is 42.3 Å². The fourth-order valence-corrected chi connectivity index (χ4v) is 6.64. The van der Waals surface area contributed by atoms with E-state index in [0.717, 1.165) is 15.6 Å². The van der Waals surface area contributed by atoms with Crippen LogP contribution in [0.3, 0.4) is 0 Å². The number of rotatable bonds is 4. The third kappa shape index (κ3) is 3.55. The smallest absolute Gasteiger partial charge is 0.312 e. The molecule has 4 nitrogen and oxygen atoms in total. The molecule has 0 saturated carbocycles. The van der Waals surface area contributed by atoms with Gasteiger partial charge in [-0.15, -0.1) is 0 Å². The summed E-state index contributed by atoms with van der Waals surface area (Å²) in [7, 11) is -1.23. The van der Waals surface area contributed by atoms with Crippen LogP contribution in [0.5, 0.6) is 5.88 Å². The Hall–Kier alpha value is -1.73. The molecule has 0 atom stereocenters. The van der Waals surface area contributed by atoms with Crippen LogP contribution >= 0.6 is 15.9 Å². The van der Waals surface area contributed by atoms with Crippen molar-refractivity contribution in [1.29, 1.82) is 0 Å². The highest BCUT2D eigenvalue weighted by molar-refractivity contribution is 9.10. The average molecular weight is 436 g/mol. The van der Waals surface area contributed by atoms with Crippen molar-refractivity contribution in [3.05, 3.63) is 46.4 Å². The molecule has 2 aromatic heterocycles. The lowest BCUT2D eigenvalue weighted by molar-refractivity contribution is 0.288. The molecule has 138 valence electrons. The maximum atomic E-state index is 14.1. The summed E-state index contributed by atoms with van der Waals surface area (Å²) in [5.74, 6) is 0.285. The van der Waals surface area contributed by atoms with Gasteiger partial charge in [0, 0.05) is 10.9 Å². The van der Waals surface area contributed by atoms with Gasteiger partial charge in [-0.3, -0.25) is 0 Å². The van der Waals surface area contributed by atoms with Crippen molar-refractivity contribution < 1.29 is 9.13 Å². The summed E-state index contributed by atoms with van der Waals surface area (Å²) in [6.45, 7) is 11.2. The first-order valence-electron chi connectivity index (χ1n) is 8.64. The molecule has 0 aliphatic heterocycles. The van der Waals surface area contributed by atoms with Gasteiger partial charge in [0.2, 0.25) is 5.88 Å². The molecule has 0 N–H and O–H groups in total. The zero-order chi connectivity index (χ0) is 19.1. The van der Waals surface area contributed by atoms with Crippen LogP contribution in [0.1, 0.15) is 26.3 Å². The normalized spacial score (nSPS) is 12.2. The van der Waals surface area contributed by atoms with Crippen molar-refractivity contribution in [2.75, 3.05) is 0 Å². The molecule has 0 radical (unpaired) electrons. The lowest BCUT2D eigenvalue weighted by Crippen LogP contribution is -2.39. The molecular weight excluding hydrogens is 413 g/mol. The Labute approximate surface area is 163 Å². The van der Waals surface area contributed by atoms with Gasteiger partial charge < -0.3 is 9.30 Å². The average Bonchev–Trinajstić information content (AvgIpc) is 2.87. The molecule has 2 heterocycles. The minimum Gasteiger partial charge on any atom is -0.471 e. The number of benzene rings is 1. The highest BCUT2D eigenvalue weighted by Crippen LogP contribution is 2.34. The zero-order valence-electron chi connectivity index (χ0n) is 15.7. The van der Waals surface area contributed by atoms with E-state index < -0.39 is 14.9 Å². The number of fused-ring (bicyclic) bond motifs is 1. The number of hydrogen-bond donors (Lipinski definition) is 0. The van der Waals surface area contributed by atoms with Crippen molar-refractivity contribution in [3.8, 4) is 5.88 Å². The predicted octanol–water partition coefficient (Wildman–Crippen LogP) is 4.36. The van der Waals surface area contributed by atoms with E-state index in [9.17, 15) is 4.39 Å². The number of aromatic nitrogens is 3. The standard InChI is InChI=1S/C19H23BrFN3OSi/c1-19(2,3)24-15-14(13(20)17(24)26(4)5)22-18(21)23-16(15)25-11-12-9-7-6-8-10-12/h6-10,26H,11H2,1-5H3. The van der Waals surface area contributed by atoms with E-state index in [-0.39, 0.29) is 11.4 Å². The molecule has 26 heavy (non-hydrogen) atoms. The second-order valence-corrected chi connectivity index (χ2v) is 11.3. The van der Waals surface area contributed by atoms with Gasteiger partial charge in [-0.1, -0.05) is 43.4 Å². The number of nitrogens with zero attached hydrogens (tertiary/aromatic N) is 3. The molecule has 3 rings (SSSR count). The third-order valence-electron chi connectivity index (χ3n) is 4.16. The molecular formula is C19H23BrFN3OSi. The molecule has 0 unspecified atom stereocenters. The zero-order valence-corrected chi connectivity index (χ0v) is 18.4. The van der Waals surface area contributed by atoms with Gasteiger partial charge in [0.15, 0.2) is 0 Å². The minimum absolute atomic E-state index is 0.205. The van der Waals surface area contributed by atoms with E-state index in [1.54, 1.807) is 0 Å². The van der Waals surface area contributed by atoms with Gasteiger partial charge in [0.25, 0.3) is 0 Å². The maximum Gasteiger partial charge on any atom is 0.312 e. The van der Waals surface area contributed by atoms with Crippen LogP contribution in [0.15, 0.2) is 34.8 Å². The Bertz CT molecular complexity index is 936. The predicted molar refractivity (Wildman–Crippen MR) is 109 cm³/mol. The number of ether oxygens (including phenoxy) is 1. The minimum atomic E-state index is -1.23. The van der Waals surface area contributed by atoms with E-state index in [0.29, 0.717) is 12.1 Å². The third-order valence-corrected chi connectivity index (χ3v) is 7.00. The molecule has 0 amide bonds. The van der Waals surface area contributed by atoms with E-state index in [4.69, 9.17) is 4.74 Å². The van der Waals surface area contributed by atoms with E-state index in [1.165, 1.54) is 5.32 Å². The number of halogens is 2. The molecule has 0 bridgehead atoms. The summed E-state index contributed by atoms with van der Waals surface area (Å²) in [4.78, 5) is 8.04. The summed E-state index contributed by atoms with van der Waals surface area (Å²) in [6.07, 6.45) is -0.774. The lowest BCUT2D eigenvalue weighted by Gasteiger charge is -2.27. The Morgan fingerprint density at radius 2 is 1.81 bits per heavy atom. The topological polar surface area (TPSA) is 39.9 Å². The molecule has 1 aromatic carbocycles. The summed E-state index contributed by atoms with van der Waals surface area (Å²) < 4.78 is 23.1. The van der Waals surface area contributed by atoms with Crippen molar-refractivity contribution in [2.45, 2.75) is 46.0 Å². The van der Waals surface area contributed by atoms with Crippen molar-refractivity contribution >= 4 is 41.1 Å². The highest BCUT2D eigenvalue weighted by atomic mass is 79.9. The molecule has 0 spiro atoms. The first kappa shape index (κ1) is 19.0. The van der Waals surface area contributed by atoms with Gasteiger partial charge in [-0.25, -0.2) is 0 Å². The van der Waals surface area contributed by atoms with Gasteiger partial charge in [-0.2, -0.15) is 14.4 Å². The van der Waals surface area contributed by atoms with Crippen LogP contribution in [0, 0.1) is 6.08 Å². The van der Waals surface area contributed by atoms with E-state index in [2.05, 4.69) is 64.3 Å². The fourth-order valence-electron chi connectivity index (χ4n) is 3.14. The highest BCUT2D eigenvalue weighted by Gasteiger charge is 2.30. The molecule has 3 aromatic rings. The van der Waals surface area contributed by atoms with Crippen molar-refractivity contribution in [2.24, 2.45) is 0 Å². The molecule has 0 fully saturated rings. The monoisotopic (exact) mass is 435 g/mol. The fraction of sp³-hybridized carbons (Fsp3) is 0.368. The van der Waals surface area contributed by atoms with Crippen LogP contribution in [0.4, 0.5) is 4.39 Å². The summed E-state index contributed by atoms with van der Waals surface area (Å²) >= 11 is 3.66. The van der Waals surface area contributed by atoms with Crippen molar-refractivity contribution in [1.82, 2.24) is 14.5 Å². The second-order valence-electron chi connectivity index (χ2n) is 7.63. The molecule has 7 heteroatoms. The van der Waals surface area contributed by atoms with Gasteiger partial charge in [0.05, 0.1) is 13.3 Å². The Morgan fingerprint density at radius 1 is 1.15 bits per heavy atom. The number of hydrogen-bond acceptors (Lipinski definition) is 3. The van der Waals surface area contributed by atoms with Crippen LogP contribution < -0.4 is 10.1 Å². The second kappa shape index (κ2) is 7.11. The van der Waals surface area contributed by atoms with Crippen molar-refractivity contribution in [3.63, 3.8) is 0 Å². The Kier molecular flexibility index (Phi) is 5.21. The Morgan fingerprint density at radius 3 is 2.38 bits per heavy atom. The quantitative estimate of drug-likeness (QED) is 0.451. The summed E-state index contributed by atoms with van der Waals surface area (Å²) in [5.41, 5.74) is 2.12. The largest absolute Gasteiger partial charge is 0.471 e. The SMILES string of the molecule is C[SiH](C)c1c(Br)c2nc(F)nc(OCc3ccccc3)c2n1C(C)(C)C. The Balaban J connectivity index is 2.21. The van der Waals surface area contributed by atoms with Crippen LogP contribution in [-0.2, 0) is 12.1 Å². The molecule has 0 saturated heterocycles. The van der Waals surface area contributed by atoms with Crippen LogP contribution in [-0.4, -0.2) is 23.3 Å². The van der Waals surface area contributed by atoms with Crippen LogP contribution in [0.2, 0.25) is 13.1 Å². The summed E-state index contributed by atoms with van der Waals surface area (Å²) in [6, 6.07) is 9.80. The first-order valence-corrected chi connectivity index (χ1v) is 12.3.